The van der Waals surface area contributed by atoms with Crippen LogP contribution in [-0.2, 0) is 9.59 Å². The van der Waals surface area contributed by atoms with Gasteiger partial charge in [-0.3, -0.25) is 9.59 Å². The molecular formula is C16H20ClFN2O2. The van der Waals surface area contributed by atoms with Gasteiger partial charge in [-0.2, -0.15) is 0 Å². The molecule has 1 aromatic rings. The van der Waals surface area contributed by atoms with Crippen molar-refractivity contribution in [1.29, 1.82) is 0 Å². The summed E-state index contributed by atoms with van der Waals surface area (Å²) < 4.78 is 13.3. The average molecular weight is 327 g/mol. The quantitative estimate of drug-likeness (QED) is 0.855. The minimum atomic E-state index is -0.548. The van der Waals surface area contributed by atoms with Gasteiger partial charge in [0.2, 0.25) is 11.8 Å². The van der Waals surface area contributed by atoms with Crippen LogP contribution in [0.3, 0.4) is 0 Å². The summed E-state index contributed by atoms with van der Waals surface area (Å²) in [6.45, 7) is 2.80. The van der Waals surface area contributed by atoms with Crippen LogP contribution in [0.1, 0.15) is 32.6 Å². The lowest BCUT2D eigenvalue weighted by molar-refractivity contribution is -0.131. The molecule has 0 spiro atoms. The molecule has 0 aliphatic carbocycles. The maximum atomic E-state index is 13.3. The van der Waals surface area contributed by atoms with Gasteiger partial charge in [0.25, 0.3) is 0 Å². The fraction of sp³-hybridized carbons (Fsp3) is 0.500. The molecule has 1 aliphatic heterocycles. The highest BCUT2D eigenvalue weighted by molar-refractivity contribution is 6.31. The maximum absolute atomic E-state index is 13.3. The van der Waals surface area contributed by atoms with Gasteiger partial charge in [0.15, 0.2) is 0 Å². The molecule has 1 saturated heterocycles. The van der Waals surface area contributed by atoms with E-state index in [-0.39, 0.29) is 23.4 Å². The first-order chi connectivity index (χ1) is 10.5. The van der Waals surface area contributed by atoms with Crippen LogP contribution in [-0.4, -0.2) is 36.3 Å². The number of rotatable bonds is 3. The Balaban J connectivity index is 2.12. The molecule has 2 rings (SSSR count). The van der Waals surface area contributed by atoms with Gasteiger partial charge in [0, 0.05) is 25.7 Å². The summed E-state index contributed by atoms with van der Waals surface area (Å²) in [5.41, 5.74) is 0.432. The van der Waals surface area contributed by atoms with E-state index >= 15 is 0 Å². The van der Waals surface area contributed by atoms with Crippen molar-refractivity contribution in [2.75, 3.05) is 24.5 Å². The molecule has 0 unspecified atom stereocenters. The van der Waals surface area contributed by atoms with Crippen molar-refractivity contribution in [3.8, 4) is 0 Å². The number of nitrogens with zero attached hydrogens (tertiary/aromatic N) is 2. The monoisotopic (exact) mass is 326 g/mol. The highest BCUT2D eigenvalue weighted by Crippen LogP contribution is 2.23. The Labute approximate surface area is 134 Å². The number of benzene rings is 1. The molecular weight excluding hydrogens is 307 g/mol. The van der Waals surface area contributed by atoms with Crippen molar-refractivity contribution in [3.63, 3.8) is 0 Å². The zero-order chi connectivity index (χ0) is 16.1. The number of likely N-dealkylation sites (tertiary alicyclic amines) is 1. The summed E-state index contributed by atoms with van der Waals surface area (Å²) in [5, 5.41) is -0.0639. The molecule has 1 fully saturated rings. The van der Waals surface area contributed by atoms with Crippen LogP contribution in [0.2, 0.25) is 5.02 Å². The van der Waals surface area contributed by atoms with Crippen LogP contribution in [0.15, 0.2) is 18.2 Å². The Bertz CT molecular complexity index is 557. The fourth-order valence-corrected chi connectivity index (χ4v) is 2.77. The van der Waals surface area contributed by atoms with Crippen molar-refractivity contribution in [2.45, 2.75) is 32.6 Å². The molecule has 0 saturated carbocycles. The Morgan fingerprint density at radius 2 is 1.86 bits per heavy atom. The van der Waals surface area contributed by atoms with E-state index in [4.69, 9.17) is 11.6 Å². The number of halogens is 2. The van der Waals surface area contributed by atoms with Crippen molar-refractivity contribution in [1.82, 2.24) is 4.90 Å². The standard InChI is InChI=1S/C16H20ClFN2O2/c1-12(21)20(13-6-7-15(18)14(17)10-13)11-16(22)19-8-4-2-3-5-9-19/h6-7,10H,2-5,8-9,11H2,1H3. The van der Waals surface area contributed by atoms with E-state index in [2.05, 4.69) is 0 Å². The van der Waals surface area contributed by atoms with Crippen LogP contribution in [0.5, 0.6) is 0 Å². The van der Waals surface area contributed by atoms with Gasteiger partial charge in [-0.05, 0) is 31.0 Å². The minimum Gasteiger partial charge on any atom is -0.341 e. The van der Waals surface area contributed by atoms with Crippen LogP contribution in [0.25, 0.3) is 0 Å². The molecule has 6 heteroatoms. The van der Waals surface area contributed by atoms with E-state index in [1.165, 1.54) is 30.0 Å². The molecule has 0 aromatic heterocycles. The van der Waals surface area contributed by atoms with E-state index in [1.807, 2.05) is 0 Å². The molecule has 1 heterocycles. The predicted octanol–water partition coefficient (Wildman–Crippen LogP) is 3.23. The van der Waals surface area contributed by atoms with Crippen molar-refractivity contribution < 1.29 is 14.0 Å². The lowest BCUT2D eigenvalue weighted by atomic mass is 10.2. The van der Waals surface area contributed by atoms with E-state index in [0.717, 1.165) is 38.8 Å². The first-order valence-electron chi connectivity index (χ1n) is 7.50. The molecule has 0 N–H and O–H groups in total. The minimum absolute atomic E-state index is 0.0444. The predicted molar refractivity (Wildman–Crippen MR) is 84.5 cm³/mol. The van der Waals surface area contributed by atoms with Crippen LogP contribution < -0.4 is 4.90 Å². The normalized spacial score (nSPS) is 15.3. The second-order valence-corrected chi connectivity index (χ2v) is 5.91. The summed E-state index contributed by atoms with van der Waals surface area (Å²) in [5.74, 6) is -0.906. The molecule has 120 valence electrons. The third kappa shape index (κ3) is 4.19. The van der Waals surface area contributed by atoms with E-state index < -0.39 is 5.82 Å². The molecule has 1 aliphatic rings. The van der Waals surface area contributed by atoms with Gasteiger partial charge in [-0.25, -0.2) is 4.39 Å². The number of anilines is 1. The van der Waals surface area contributed by atoms with E-state index in [1.54, 1.807) is 4.90 Å². The Kier molecular flexibility index (Phi) is 5.77. The van der Waals surface area contributed by atoms with E-state index in [0.29, 0.717) is 5.69 Å². The summed E-state index contributed by atoms with van der Waals surface area (Å²) in [4.78, 5) is 27.4. The van der Waals surface area contributed by atoms with Crippen molar-refractivity contribution in [3.05, 3.63) is 29.0 Å². The van der Waals surface area contributed by atoms with E-state index in [9.17, 15) is 14.0 Å². The number of carbonyl (C=O) groups excluding carboxylic acids is 2. The zero-order valence-electron chi connectivity index (χ0n) is 12.6. The molecule has 1 aromatic carbocycles. The number of hydrogen-bond donors (Lipinski definition) is 0. The fourth-order valence-electron chi connectivity index (χ4n) is 2.59. The van der Waals surface area contributed by atoms with Crippen molar-refractivity contribution in [2.24, 2.45) is 0 Å². The number of amides is 2. The highest BCUT2D eigenvalue weighted by Gasteiger charge is 2.21. The van der Waals surface area contributed by atoms with Gasteiger partial charge in [-0.1, -0.05) is 24.4 Å². The third-order valence-electron chi connectivity index (χ3n) is 3.85. The van der Waals surface area contributed by atoms with Crippen LogP contribution in [0, 0.1) is 5.82 Å². The van der Waals surface area contributed by atoms with Gasteiger partial charge >= 0.3 is 0 Å². The average Bonchev–Trinajstić information content (AvgIpc) is 2.76. The second kappa shape index (κ2) is 7.58. The SMILES string of the molecule is CC(=O)N(CC(=O)N1CCCCCC1)c1ccc(F)c(Cl)c1. The Hall–Kier alpha value is -1.62. The third-order valence-corrected chi connectivity index (χ3v) is 4.14. The zero-order valence-corrected chi connectivity index (χ0v) is 13.4. The number of carbonyl (C=O) groups is 2. The largest absolute Gasteiger partial charge is 0.341 e. The molecule has 0 atom stereocenters. The smallest absolute Gasteiger partial charge is 0.242 e. The summed E-state index contributed by atoms with van der Waals surface area (Å²) in [6, 6.07) is 4.02. The highest BCUT2D eigenvalue weighted by atomic mass is 35.5. The van der Waals surface area contributed by atoms with Crippen molar-refractivity contribution >= 4 is 29.1 Å². The molecule has 0 bridgehead atoms. The number of hydrogen-bond acceptors (Lipinski definition) is 2. The van der Waals surface area contributed by atoms with Gasteiger partial charge in [0.1, 0.15) is 12.4 Å². The lowest BCUT2D eigenvalue weighted by Crippen LogP contribution is -2.42. The van der Waals surface area contributed by atoms with Crippen LogP contribution in [0.4, 0.5) is 10.1 Å². The second-order valence-electron chi connectivity index (χ2n) is 5.50. The Morgan fingerprint density at radius 1 is 1.23 bits per heavy atom. The molecule has 4 nitrogen and oxygen atoms in total. The molecule has 0 radical (unpaired) electrons. The maximum Gasteiger partial charge on any atom is 0.242 e. The summed E-state index contributed by atoms with van der Waals surface area (Å²) >= 11 is 5.76. The molecule has 22 heavy (non-hydrogen) atoms. The van der Waals surface area contributed by atoms with Crippen LogP contribution >= 0.6 is 11.6 Å². The first-order valence-corrected chi connectivity index (χ1v) is 7.88. The van der Waals surface area contributed by atoms with Gasteiger partial charge in [0.05, 0.1) is 5.02 Å². The first kappa shape index (κ1) is 16.7. The lowest BCUT2D eigenvalue weighted by Gasteiger charge is -2.26. The topological polar surface area (TPSA) is 40.6 Å². The molecule has 2 amide bonds. The Morgan fingerprint density at radius 3 is 2.41 bits per heavy atom. The summed E-state index contributed by atoms with van der Waals surface area (Å²) in [7, 11) is 0. The van der Waals surface area contributed by atoms with Gasteiger partial charge < -0.3 is 9.80 Å². The summed E-state index contributed by atoms with van der Waals surface area (Å²) in [6.07, 6.45) is 4.25. The van der Waals surface area contributed by atoms with Gasteiger partial charge in [-0.15, -0.1) is 0 Å².